The van der Waals surface area contributed by atoms with Crippen LogP contribution >= 0.6 is 15.9 Å². The molecule has 1 heterocycles. The van der Waals surface area contributed by atoms with E-state index in [1.165, 1.54) is 0 Å². The summed E-state index contributed by atoms with van der Waals surface area (Å²) in [5.41, 5.74) is 0.181. The van der Waals surface area contributed by atoms with Crippen LogP contribution in [0.25, 0.3) is 0 Å². The van der Waals surface area contributed by atoms with Gasteiger partial charge in [-0.1, -0.05) is 28.1 Å². The third-order valence-corrected chi connectivity index (χ3v) is 4.71. The molecule has 112 valence electrons. The van der Waals surface area contributed by atoms with Crippen molar-refractivity contribution in [2.45, 2.75) is 30.5 Å². The predicted molar refractivity (Wildman–Crippen MR) is 82.0 cm³/mol. The zero-order valence-corrected chi connectivity index (χ0v) is 13.6. The second-order valence-electron chi connectivity index (χ2n) is 5.66. The summed E-state index contributed by atoms with van der Waals surface area (Å²) in [7, 11) is 3.58. The topological polar surface area (TPSA) is 60.2 Å². The molecular weight excluding hydrogens is 334 g/mol. The van der Waals surface area contributed by atoms with Crippen LogP contribution in [-0.4, -0.2) is 38.7 Å². The summed E-state index contributed by atoms with van der Waals surface area (Å²) in [6.07, 6.45) is 2.98. The Bertz CT molecular complexity index is 637. The van der Waals surface area contributed by atoms with Crippen LogP contribution in [0.5, 0.6) is 0 Å². The van der Waals surface area contributed by atoms with Crippen molar-refractivity contribution in [2.24, 2.45) is 7.05 Å². The quantitative estimate of drug-likeness (QED) is 0.917. The fourth-order valence-electron chi connectivity index (χ4n) is 3.07. The Morgan fingerprint density at radius 3 is 2.81 bits per heavy atom. The van der Waals surface area contributed by atoms with Crippen molar-refractivity contribution in [1.82, 2.24) is 14.8 Å². The lowest BCUT2D eigenvalue weighted by molar-refractivity contribution is -0.137. The highest BCUT2D eigenvalue weighted by molar-refractivity contribution is 9.10. The Morgan fingerprint density at radius 2 is 2.24 bits per heavy atom. The van der Waals surface area contributed by atoms with E-state index in [1.54, 1.807) is 13.4 Å². The van der Waals surface area contributed by atoms with E-state index < -0.39 is 5.60 Å². The average Bonchev–Trinajstić information content (AvgIpc) is 2.82. The van der Waals surface area contributed by atoms with Gasteiger partial charge in [-0.3, -0.25) is 0 Å². The van der Waals surface area contributed by atoms with Crippen LogP contribution in [0.2, 0.25) is 0 Å². The summed E-state index contributed by atoms with van der Waals surface area (Å²) < 4.78 is 8.18. The first kappa shape index (κ1) is 14.7. The number of ether oxygens (including phenoxy) is 1. The molecule has 0 radical (unpaired) electrons. The van der Waals surface area contributed by atoms with Crippen LogP contribution in [-0.2, 0) is 11.8 Å². The minimum absolute atomic E-state index is 0.109. The van der Waals surface area contributed by atoms with Crippen LogP contribution in [0.3, 0.4) is 0 Å². The van der Waals surface area contributed by atoms with Crippen LogP contribution in [0.15, 0.2) is 35.1 Å². The van der Waals surface area contributed by atoms with E-state index in [-0.39, 0.29) is 12.0 Å². The summed E-state index contributed by atoms with van der Waals surface area (Å²) in [6.45, 7) is 0. The molecule has 0 spiro atoms. The summed E-state index contributed by atoms with van der Waals surface area (Å²) in [6, 6.07) is 7.98. The highest BCUT2D eigenvalue weighted by Gasteiger charge is 2.51. The van der Waals surface area contributed by atoms with Gasteiger partial charge in [0.2, 0.25) is 0 Å². The van der Waals surface area contributed by atoms with E-state index >= 15 is 0 Å². The molecule has 0 bridgehead atoms. The lowest BCUT2D eigenvalue weighted by Crippen LogP contribution is -2.53. The normalized spacial score (nSPS) is 26.4. The van der Waals surface area contributed by atoms with Crippen molar-refractivity contribution in [2.75, 3.05) is 7.11 Å². The molecule has 0 saturated heterocycles. The standard InChI is InChI=1S/C15H18BrN3O2/c1-19-9-17-18-14(19)13(10-4-3-5-11(16)6-10)15(20)7-12(8-15)21-2/h3-6,9,12-13,20H,7-8H2,1-2H3. The molecule has 1 fully saturated rings. The van der Waals surface area contributed by atoms with Crippen molar-refractivity contribution in [3.05, 3.63) is 46.5 Å². The van der Waals surface area contributed by atoms with Crippen LogP contribution in [0.1, 0.15) is 30.1 Å². The fourth-order valence-corrected chi connectivity index (χ4v) is 3.49. The van der Waals surface area contributed by atoms with Crippen LogP contribution in [0.4, 0.5) is 0 Å². The van der Waals surface area contributed by atoms with Gasteiger partial charge >= 0.3 is 0 Å². The smallest absolute Gasteiger partial charge is 0.143 e. The maximum Gasteiger partial charge on any atom is 0.143 e. The molecule has 2 aromatic rings. The van der Waals surface area contributed by atoms with Gasteiger partial charge in [0.15, 0.2) is 0 Å². The Morgan fingerprint density at radius 1 is 1.48 bits per heavy atom. The first-order valence-corrected chi connectivity index (χ1v) is 7.67. The molecule has 1 aromatic carbocycles. The van der Waals surface area contributed by atoms with Gasteiger partial charge < -0.3 is 14.4 Å². The Labute approximate surface area is 132 Å². The molecule has 0 amide bonds. The highest BCUT2D eigenvalue weighted by atomic mass is 79.9. The fraction of sp³-hybridized carbons (Fsp3) is 0.467. The number of nitrogens with zero attached hydrogens (tertiary/aromatic N) is 3. The first-order chi connectivity index (χ1) is 10.0. The maximum absolute atomic E-state index is 11.0. The number of hydrogen-bond donors (Lipinski definition) is 1. The molecule has 1 aliphatic carbocycles. The number of aromatic nitrogens is 3. The molecule has 1 aromatic heterocycles. The van der Waals surface area contributed by atoms with Crippen LogP contribution in [0, 0.1) is 0 Å². The highest BCUT2D eigenvalue weighted by Crippen LogP contribution is 2.47. The van der Waals surface area contributed by atoms with Gasteiger partial charge in [0, 0.05) is 31.5 Å². The minimum Gasteiger partial charge on any atom is -0.389 e. The molecular formula is C15H18BrN3O2. The number of aliphatic hydroxyl groups is 1. The van der Waals surface area contributed by atoms with Gasteiger partial charge in [-0.2, -0.15) is 0 Å². The second-order valence-corrected chi connectivity index (χ2v) is 6.57. The molecule has 1 saturated carbocycles. The summed E-state index contributed by atoms with van der Waals surface area (Å²) >= 11 is 3.50. The molecule has 1 aliphatic rings. The number of halogens is 1. The van der Waals surface area contributed by atoms with E-state index in [2.05, 4.69) is 26.1 Å². The van der Waals surface area contributed by atoms with E-state index in [0.29, 0.717) is 12.8 Å². The van der Waals surface area contributed by atoms with Gasteiger partial charge in [-0.15, -0.1) is 10.2 Å². The zero-order chi connectivity index (χ0) is 15.0. The molecule has 21 heavy (non-hydrogen) atoms. The monoisotopic (exact) mass is 351 g/mol. The van der Waals surface area contributed by atoms with Crippen LogP contribution < -0.4 is 0 Å². The van der Waals surface area contributed by atoms with Crippen molar-refractivity contribution < 1.29 is 9.84 Å². The van der Waals surface area contributed by atoms with Crippen molar-refractivity contribution >= 4 is 15.9 Å². The number of hydrogen-bond acceptors (Lipinski definition) is 4. The van der Waals surface area contributed by atoms with Gasteiger partial charge in [0.25, 0.3) is 0 Å². The Hall–Kier alpha value is -1.24. The molecule has 1 N–H and O–H groups in total. The Balaban J connectivity index is 2.02. The number of methoxy groups -OCH3 is 1. The number of benzene rings is 1. The average molecular weight is 352 g/mol. The number of aryl methyl sites for hydroxylation is 1. The van der Waals surface area contributed by atoms with Crippen molar-refractivity contribution in [3.63, 3.8) is 0 Å². The molecule has 6 heteroatoms. The third kappa shape index (κ3) is 2.63. The molecule has 0 aliphatic heterocycles. The molecule has 3 rings (SSSR count). The summed E-state index contributed by atoms with van der Waals surface area (Å²) in [5.74, 6) is 0.555. The van der Waals surface area contributed by atoms with E-state index in [1.807, 2.05) is 35.9 Å². The third-order valence-electron chi connectivity index (χ3n) is 4.22. The van der Waals surface area contributed by atoms with E-state index in [4.69, 9.17) is 4.74 Å². The van der Waals surface area contributed by atoms with Crippen molar-refractivity contribution in [1.29, 1.82) is 0 Å². The maximum atomic E-state index is 11.0. The van der Waals surface area contributed by atoms with Gasteiger partial charge in [0.1, 0.15) is 12.2 Å². The van der Waals surface area contributed by atoms with Gasteiger partial charge in [0.05, 0.1) is 17.6 Å². The molecule has 1 unspecified atom stereocenters. The lowest BCUT2D eigenvalue weighted by atomic mass is 9.66. The Kier molecular flexibility index (Phi) is 3.86. The predicted octanol–water partition coefficient (Wildman–Crippen LogP) is 2.25. The van der Waals surface area contributed by atoms with E-state index in [9.17, 15) is 5.11 Å². The molecule has 1 atom stereocenters. The first-order valence-electron chi connectivity index (χ1n) is 6.88. The number of rotatable bonds is 4. The summed E-state index contributed by atoms with van der Waals surface area (Å²) in [4.78, 5) is 0. The largest absolute Gasteiger partial charge is 0.389 e. The van der Waals surface area contributed by atoms with E-state index in [0.717, 1.165) is 15.9 Å². The van der Waals surface area contributed by atoms with Gasteiger partial charge in [-0.25, -0.2) is 0 Å². The summed E-state index contributed by atoms with van der Waals surface area (Å²) in [5, 5.41) is 19.2. The SMILES string of the molecule is COC1CC(O)(C(c2cccc(Br)c2)c2nncn2C)C1. The van der Waals surface area contributed by atoms with Crippen molar-refractivity contribution in [3.8, 4) is 0 Å². The minimum atomic E-state index is -0.845. The second kappa shape index (κ2) is 5.51. The van der Waals surface area contributed by atoms with Gasteiger partial charge in [-0.05, 0) is 17.7 Å². The zero-order valence-electron chi connectivity index (χ0n) is 12.0. The lowest BCUT2D eigenvalue weighted by Gasteiger charge is -2.47. The molecule has 5 nitrogen and oxygen atoms in total.